The van der Waals surface area contributed by atoms with Crippen molar-refractivity contribution < 1.29 is 9.90 Å². The minimum absolute atomic E-state index is 0.143. The SMILES string of the molecule is Cc1cc(C(=O)N2CCC[C@H]3CCCC[C@H]32)ccc1O. The lowest BCUT2D eigenvalue weighted by Crippen LogP contribution is -2.49. The van der Waals surface area contributed by atoms with Crippen molar-refractivity contribution in [3.05, 3.63) is 29.3 Å². The third kappa shape index (κ3) is 2.41. The summed E-state index contributed by atoms with van der Waals surface area (Å²) in [4.78, 5) is 14.9. The van der Waals surface area contributed by atoms with E-state index in [9.17, 15) is 9.90 Å². The molecule has 0 bridgehead atoms. The Morgan fingerprint density at radius 3 is 2.75 bits per heavy atom. The Labute approximate surface area is 120 Å². The number of likely N-dealkylation sites (tertiary alicyclic amines) is 1. The molecule has 2 atom stereocenters. The maximum atomic E-state index is 12.8. The van der Waals surface area contributed by atoms with Crippen molar-refractivity contribution in [2.24, 2.45) is 5.92 Å². The van der Waals surface area contributed by atoms with Gasteiger partial charge in [0.2, 0.25) is 0 Å². The van der Waals surface area contributed by atoms with Crippen molar-refractivity contribution in [1.82, 2.24) is 4.90 Å². The molecular formula is C17H23NO2. The lowest BCUT2D eigenvalue weighted by molar-refractivity contribution is 0.0390. The third-order valence-electron chi connectivity index (χ3n) is 4.95. The maximum absolute atomic E-state index is 12.8. The highest BCUT2D eigenvalue weighted by Gasteiger charge is 2.35. The third-order valence-corrected chi connectivity index (χ3v) is 4.95. The summed E-state index contributed by atoms with van der Waals surface area (Å²) < 4.78 is 0. The van der Waals surface area contributed by atoms with Gasteiger partial charge in [-0.05, 0) is 62.3 Å². The lowest BCUT2D eigenvalue weighted by Gasteiger charge is -2.44. The first-order valence-electron chi connectivity index (χ1n) is 7.77. The average Bonchev–Trinajstić information content (AvgIpc) is 2.49. The predicted molar refractivity (Wildman–Crippen MR) is 78.9 cm³/mol. The van der Waals surface area contributed by atoms with Gasteiger partial charge >= 0.3 is 0 Å². The molecule has 1 aliphatic heterocycles. The van der Waals surface area contributed by atoms with Gasteiger partial charge in [-0.1, -0.05) is 12.8 Å². The number of hydrogen-bond donors (Lipinski definition) is 1. The van der Waals surface area contributed by atoms with Crippen LogP contribution in [0.4, 0.5) is 0 Å². The fourth-order valence-electron chi connectivity index (χ4n) is 3.83. The van der Waals surface area contributed by atoms with Crippen molar-refractivity contribution in [1.29, 1.82) is 0 Å². The van der Waals surface area contributed by atoms with E-state index in [2.05, 4.69) is 4.90 Å². The molecule has 1 aliphatic carbocycles. The number of benzene rings is 1. The highest BCUT2D eigenvalue weighted by Crippen LogP contribution is 2.36. The van der Waals surface area contributed by atoms with E-state index in [1.54, 1.807) is 12.1 Å². The molecule has 0 aromatic heterocycles. The molecule has 3 rings (SSSR count). The zero-order valence-electron chi connectivity index (χ0n) is 12.1. The van der Waals surface area contributed by atoms with Crippen molar-refractivity contribution in [2.45, 2.75) is 51.5 Å². The van der Waals surface area contributed by atoms with Crippen LogP contribution in [0.15, 0.2) is 18.2 Å². The fraction of sp³-hybridized carbons (Fsp3) is 0.588. The summed E-state index contributed by atoms with van der Waals surface area (Å²) in [7, 11) is 0. The van der Waals surface area contributed by atoms with Crippen molar-refractivity contribution >= 4 is 5.91 Å². The molecule has 1 heterocycles. The topological polar surface area (TPSA) is 40.5 Å². The summed E-state index contributed by atoms with van der Waals surface area (Å²) >= 11 is 0. The zero-order valence-corrected chi connectivity index (χ0v) is 12.1. The Balaban J connectivity index is 1.83. The van der Waals surface area contributed by atoms with Crippen LogP contribution in [0, 0.1) is 12.8 Å². The number of amides is 1. The molecule has 1 aromatic rings. The Kier molecular flexibility index (Phi) is 3.68. The molecule has 0 spiro atoms. The van der Waals surface area contributed by atoms with Gasteiger partial charge in [0.05, 0.1) is 0 Å². The first-order valence-corrected chi connectivity index (χ1v) is 7.77. The molecule has 0 unspecified atom stereocenters. The summed E-state index contributed by atoms with van der Waals surface area (Å²) in [5.74, 6) is 1.11. The van der Waals surface area contributed by atoms with Crippen molar-refractivity contribution in [2.75, 3.05) is 6.54 Å². The molecule has 3 nitrogen and oxygen atoms in total. The van der Waals surface area contributed by atoms with Gasteiger partial charge in [0.1, 0.15) is 5.75 Å². The number of carbonyl (C=O) groups is 1. The summed E-state index contributed by atoms with van der Waals surface area (Å²) in [5.41, 5.74) is 1.49. The maximum Gasteiger partial charge on any atom is 0.254 e. The van der Waals surface area contributed by atoms with Gasteiger partial charge in [-0.15, -0.1) is 0 Å². The van der Waals surface area contributed by atoms with Crippen LogP contribution in [0.2, 0.25) is 0 Å². The van der Waals surface area contributed by atoms with Crippen LogP contribution >= 0.6 is 0 Å². The molecule has 1 aromatic carbocycles. The number of hydrogen-bond acceptors (Lipinski definition) is 2. The summed E-state index contributed by atoms with van der Waals surface area (Å²) in [6.07, 6.45) is 7.42. The van der Waals surface area contributed by atoms with E-state index in [-0.39, 0.29) is 11.7 Å². The number of carbonyl (C=O) groups excluding carboxylic acids is 1. The van der Waals surface area contributed by atoms with E-state index in [4.69, 9.17) is 0 Å². The van der Waals surface area contributed by atoms with Crippen LogP contribution in [0.3, 0.4) is 0 Å². The summed E-state index contributed by atoms with van der Waals surface area (Å²) in [5, 5.41) is 9.60. The smallest absolute Gasteiger partial charge is 0.254 e. The number of fused-ring (bicyclic) bond motifs is 1. The number of phenols is 1. The standard InChI is InChI=1S/C17H23NO2/c1-12-11-14(8-9-16(12)19)17(20)18-10-4-6-13-5-2-3-7-15(13)18/h8-9,11,13,15,19H,2-7,10H2,1H3/t13-,15-/m1/s1. The van der Waals surface area contributed by atoms with Gasteiger partial charge in [-0.3, -0.25) is 4.79 Å². The van der Waals surface area contributed by atoms with Crippen LogP contribution in [-0.2, 0) is 0 Å². The number of aromatic hydroxyl groups is 1. The molecule has 2 aliphatic rings. The normalized spacial score (nSPS) is 26.1. The molecule has 1 saturated carbocycles. The number of piperidine rings is 1. The van der Waals surface area contributed by atoms with Crippen molar-refractivity contribution in [3.8, 4) is 5.75 Å². The number of rotatable bonds is 1. The van der Waals surface area contributed by atoms with E-state index in [0.717, 1.165) is 24.9 Å². The molecule has 1 amide bonds. The Bertz CT molecular complexity index is 510. The van der Waals surface area contributed by atoms with Crippen LogP contribution < -0.4 is 0 Å². The largest absolute Gasteiger partial charge is 0.508 e. The van der Waals surface area contributed by atoms with Crippen LogP contribution in [0.1, 0.15) is 54.4 Å². The average molecular weight is 273 g/mol. The molecule has 1 N–H and O–H groups in total. The van der Waals surface area contributed by atoms with Gasteiger partial charge in [0.15, 0.2) is 0 Å². The first kappa shape index (κ1) is 13.5. The number of phenolic OH excluding ortho intramolecular Hbond substituents is 1. The fourth-order valence-corrected chi connectivity index (χ4v) is 3.83. The van der Waals surface area contributed by atoms with E-state index in [0.29, 0.717) is 17.5 Å². The lowest BCUT2D eigenvalue weighted by atomic mass is 9.78. The van der Waals surface area contributed by atoms with Gasteiger partial charge in [0, 0.05) is 18.2 Å². The van der Waals surface area contributed by atoms with Gasteiger partial charge in [0.25, 0.3) is 5.91 Å². The van der Waals surface area contributed by atoms with Crippen LogP contribution in [0.25, 0.3) is 0 Å². The number of aryl methyl sites for hydroxylation is 1. The molecule has 20 heavy (non-hydrogen) atoms. The number of nitrogens with zero attached hydrogens (tertiary/aromatic N) is 1. The zero-order chi connectivity index (χ0) is 14.1. The van der Waals surface area contributed by atoms with Gasteiger partial charge in [-0.2, -0.15) is 0 Å². The molecule has 108 valence electrons. The monoisotopic (exact) mass is 273 g/mol. The minimum Gasteiger partial charge on any atom is -0.508 e. The molecule has 1 saturated heterocycles. The predicted octanol–water partition coefficient (Wildman–Crippen LogP) is 3.50. The summed E-state index contributed by atoms with van der Waals surface area (Å²) in [6.45, 7) is 2.73. The van der Waals surface area contributed by atoms with Gasteiger partial charge in [-0.25, -0.2) is 0 Å². The molecule has 0 radical (unpaired) electrons. The Morgan fingerprint density at radius 1 is 1.20 bits per heavy atom. The Hall–Kier alpha value is -1.51. The molecular weight excluding hydrogens is 250 g/mol. The molecule has 3 heteroatoms. The second-order valence-electron chi connectivity index (χ2n) is 6.25. The van der Waals surface area contributed by atoms with Crippen LogP contribution in [-0.4, -0.2) is 28.5 Å². The second kappa shape index (κ2) is 5.47. The van der Waals surface area contributed by atoms with Gasteiger partial charge < -0.3 is 10.0 Å². The minimum atomic E-state index is 0.143. The quantitative estimate of drug-likeness (QED) is 0.850. The second-order valence-corrected chi connectivity index (χ2v) is 6.25. The highest BCUT2D eigenvalue weighted by atomic mass is 16.3. The van der Waals surface area contributed by atoms with E-state index in [1.165, 1.54) is 25.7 Å². The molecule has 2 fully saturated rings. The highest BCUT2D eigenvalue weighted by molar-refractivity contribution is 5.95. The van der Waals surface area contributed by atoms with Crippen LogP contribution in [0.5, 0.6) is 5.75 Å². The first-order chi connectivity index (χ1) is 9.66. The van der Waals surface area contributed by atoms with Crippen molar-refractivity contribution in [3.63, 3.8) is 0 Å². The Morgan fingerprint density at radius 2 is 1.95 bits per heavy atom. The van der Waals surface area contributed by atoms with E-state index in [1.807, 2.05) is 13.0 Å². The summed E-state index contributed by atoms with van der Waals surface area (Å²) in [6, 6.07) is 5.63. The van der Waals surface area contributed by atoms with E-state index >= 15 is 0 Å². The van der Waals surface area contributed by atoms with E-state index < -0.39 is 0 Å².